The lowest BCUT2D eigenvalue weighted by atomic mass is 10.2. The van der Waals surface area contributed by atoms with Gasteiger partial charge < -0.3 is 14.4 Å². The van der Waals surface area contributed by atoms with Crippen LogP contribution in [0.1, 0.15) is 25.3 Å². The van der Waals surface area contributed by atoms with Crippen LogP contribution in [0.4, 0.5) is 4.79 Å². The van der Waals surface area contributed by atoms with Crippen molar-refractivity contribution in [3.63, 3.8) is 0 Å². The summed E-state index contributed by atoms with van der Waals surface area (Å²) in [6, 6.07) is 5.10. The summed E-state index contributed by atoms with van der Waals surface area (Å²) in [6.45, 7) is 2.73. The molecule has 0 aromatic heterocycles. The van der Waals surface area contributed by atoms with Gasteiger partial charge in [-0.3, -0.25) is 19.3 Å². The maximum atomic E-state index is 12.7. The molecule has 0 N–H and O–H groups in total. The van der Waals surface area contributed by atoms with Gasteiger partial charge in [0.2, 0.25) is 5.91 Å². The van der Waals surface area contributed by atoms with E-state index in [4.69, 9.17) is 9.47 Å². The number of hydrogen-bond donors (Lipinski definition) is 0. The number of likely N-dealkylation sites (tertiary alicyclic amines) is 1. The summed E-state index contributed by atoms with van der Waals surface area (Å²) in [6.07, 6.45) is 3.40. The van der Waals surface area contributed by atoms with Gasteiger partial charge in [0.25, 0.3) is 11.1 Å². The molecule has 3 rings (SSSR count). The summed E-state index contributed by atoms with van der Waals surface area (Å²) in [5.74, 6) is -0.885. The number of hydrogen-bond acceptors (Lipinski definition) is 7. The number of imide groups is 1. The van der Waals surface area contributed by atoms with E-state index in [-0.39, 0.29) is 30.6 Å². The molecule has 2 saturated heterocycles. The van der Waals surface area contributed by atoms with E-state index in [1.54, 1.807) is 30.0 Å². The topological polar surface area (TPSA) is 93.2 Å². The van der Waals surface area contributed by atoms with Gasteiger partial charge in [-0.15, -0.1) is 0 Å². The third-order valence-corrected chi connectivity index (χ3v) is 5.94. The van der Waals surface area contributed by atoms with Crippen LogP contribution in [0.3, 0.4) is 0 Å². The minimum Gasteiger partial charge on any atom is -0.481 e. The molecule has 1 aromatic carbocycles. The zero-order chi connectivity index (χ0) is 21.7. The first-order chi connectivity index (χ1) is 14.4. The minimum atomic E-state index is -0.520. The van der Waals surface area contributed by atoms with Crippen molar-refractivity contribution < 1.29 is 28.7 Å². The smallest absolute Gasteiger partial charge is 0.344 e. The average Bonchev–Trinajstić information content (AvgIpc) is 3.33. The highest BCUT2D eigenvalue weighted by molar-refractivity contribution is 9.10. The van der Waals surface area contributed by atoms with Gasteiger partial charge >= 0.3 is 5.97 Å². The van der Waals surface area contributed by atoms with Gasteiger partial charge in [0.05, 0.1) is 11.5 Å². The molecule has 0 unspecified atom stereocenters. The summed E-state index contributed by atoms with van der Waals surface area (Å²) in [7, 11) is 0. The number of ether oxygens (including phenoxy) is 2. The predicted molar refractivity (Wildman–Crippen MR) is 115 cm³/mol. The second-order valence-corrected chi connectivity index (χ2v) is 8.54. The van der Waals surface area contributed by atoms with Crippen LogP contribution in [0.25, 0.3) is 6.08 Å². The van der Waals surface area contributed by atoms with E-state index < -0.39 is 17.1 Å². The van der Waals surface area contributed by atoms with Crippen molar-refractivity contribution in [2.24, 2.45) is 0 Å². The number of benzene rings is 1. The van der Waals surface area contributed by atoms with Gasteiger partial charge in [-0.05, 0) is 55.8 Å². The van der Waals surface area contributed by atoms with E-state index in [1.807, 2.05) is 0 Å². The van der Waals surface area contributed by atoms with Crippen LogP contribution in [0.15, 0.2) is 27.6 Å². The number of thioether (sulfide) groups is 1. The molecule has 0 bridgehead atoms. The van der Waals surface area contributed by atoms with Gasteiger partial charge in [0, 0.05) is 23.1 Å². The van der Waals surface area contributed by atoms with E-state index in [0.29, 0.717) is 24.4 Å². The van der Waals surface area contributed by atoms with E-state index in [9.17, 15) is 19.2 Å². The second kappa shape index (κ2) is 10.1. The molecule has 0 saturated carbocycles. The van der Waals surface area contributed by atoms with Crippen molar-refractivity contribution in [2.45, 2.75) is 19.8 Å². The lowest BCUT2D eigenvalue weighted by molar-refractivity contribution is -0.145. The van der Waals surface area contributed by atoms with Crippen LogP contribution in [0.2, 0.25) is 0 Å². The SMILES string of the molecule is CCOC(=O)COc1ccc(Br)cc1/C=C1\SC(=O)N(CC(=O)N2CCCC2)C1=O. The molecule has 160 valence electrons. The van der Waals surface area contributed by atoms with Crippen LogP contribution >= 0.6 is 27.7 Å². The molecule has 30 heavy (non-hydrogen) atoms. The highest BCUT2D eigenvalue weighted by Gasteiger charge is 2.37. The Balaban J connectivity index is 1.75. The molecular weight excluding hydrogens is 476 g/mol. The molecule has 2 fully saturated rings. The second-order valence-electron chi connectivity index (χ2n) is 6.63. The van der Waals surface area contributed by atoms with Crippen LogP contribution < -0.4 is 4.74 Å². The Bertz CT molecular complexity index is 897. The summed E-state index contributed by atoms with van der Waals surface area (Å²) in [5.41, 5.74) is 0.519. The normalized spacial score (nSPS) is 17.7. The minimum absolute atomic E-state index is 0.188. The fourth-order valence-electron chi connectivity index (χ4n) is 3.08. The Kier molecular flexibility index (Phi) is 7.54. The first-order valence-electron chi connectivity index (χ1n) is 9.50. The quantitative estimate of drug-likeness (QED) is 0.422. The van der Waals surface area contributed by atoms with E-state index in [0.717, 1.165) is 34.0 Å². The molecule has 2 aliphatic rings. The van der Waals surface area contributed by atoms with Gasteiger partial charge in [-0.2, -0.15) is 0 Å². The fraction of sp³-hybridized carbons (Fsp3) is 0.400. The number of rotatable bonds is 7. The maximum Gasteiger partial charge on any atom is 0.344 e. The molecule has 0 spiro atoms. The zero-order valence-electron chi connectivity index (χ0n) is 16.4. The molecule has 0 radical (unpaired) electrons. The summed E-state index contributed by atoms with van der Waals surface area (Å²) in [4.78, 5) is 51.8. The highest BCUT2D eigenvalue weighted by atomic mass is 79.9. The molecule has 2 heterocycles. The molecule has 2 aliphatic heterocycles. The molecule has 1 aromatic rings. The van der Waals surface area contributed by atoms with Crippen molar-refractivity contribution in [3.05, 3.63) is 33.1 Å². The van der Waals surface area contributed by atoms with Crippen LogP contribution in [-0.4, -0.2) is 65.7 Å². The molecule has 10 heteroatoms. The van der Waals surface area contributed by atoms with Crippen LogP contribution in [0.5, 0.6) is 5.75 Å². The predicted octanol–water partition coefficient (Wildman–Crippen LogP) is 3.05. The molecule has 3 amide bonds. The van der Waals surface area contributed by atoms with Crippen molar-refractivity contribution in [2.75, 3.05) is 32.8 Å². The van der Waals surface area contributed by atoms with Gasteiger partial charge in [-0.1, -0.05) is 15.9 Å². The lowest BCUT2D eigenvalue weighted by Crippen LogP contribution is -2.40. The Morgan fingerprint density at radius 3 is 2.67 bits per heavy atom. The molecule has 0 atom stereocenters. The van der Waals surface area contributed by atoms with Crippen molar-refractivity contribution in [1.82, 2.24) is 9.80 Å². The number of carbonyl (C=O) groups excluding carboxylic acids is 4. The fourth-order valence-corrected chi connectivity index (χ4v) is 4.29. The highest BCUT2D eigenvalue weighted by Crippen LogP contribution is 2.35. The number of esters is 1. The lowest BCUT2D eigenvalue weighted by Gasteiger charge is -2.18. The number of nitrogens with zero attached hydrogens (tertiary/aromatic N) is 2. The summed E-state index contributed by atoms with van der Waals surface area (Å²) >= 11 is 4.14. The van der Waals surface area contributed by atoms with Gasteiger partial charge in [0.15, 0.2) is 6.61 Å². The van der Waals surface area contributed by atoms with Gasteiger partial charge in [0.1, 0.15) is 12.3 Å². The Morgan fingerprint density at radius 1 is 1.23 bits per heavy atom. The van der Waals surface area contributed by atoms with Crippen LogP contribution in [0, 0.1) is 0 Å². The monoisotopic (exact) mass is 496 g/mol. The van der Waals surface area contributed by atoms with Gasteiger partial charge in [-0.25, -0.2) is 4.79 Å². The molecule has 0 aliphatic carbocycles. The molecule has 8 nitrogen and oxygen atoms in total. The van der Waals surface area contributed by atoms with Crippen LogP contribution in [-0.2, 0) is 19.1 Å². The standard InChI is InChI=1S/C20H21BrN2O6S/c1-2-28-18(25)12-29-15-6-5-14(21)9-13(15)10-16-19(26)23(20(27)30-16)11-17(24)22-7-3-4-8-22/h5-6,9-10H,2-4,7-8,11-12H2,1H3/b16-10-. The van der Waals surface area contributed by atoms with Crippen molar-refractivity contribution in [3.8, 4) is 5.75 Å². The Hall–Kier alpha value is -2.33. The van der Waals surface area contributed by atoms with E-state index >= 15 is 0 Å². The number of amides is 3. The first-order valence-corrected chi connectivity index (χ1v) is 11.1. The van der Waals surface area contributed by atoms with Crippen molar-refractivity contribution in [1.29, 1.82) is 0 Å². The average molecular weight is 497 g/mol. The zero-order valence-corrected chi connectivity index (χ0v) is 18.8. The van der Waals surface area contributed by atoms with E-state index in [2.05, 4.69) is 15.9 Å². The Labute approximate surface area is 186 Å². The largest absolute Gasteiger partial charge is 0.481 e. The maximum absolute atomic E-state index is 12.7. The van der Waals surface area contributed by atoms with Crippen molar-refractivity contribution >= 4 is 56.8 Å². The third-order valence-electron chi connectivity index (χ3n) is 4.54. The number of halogens is 1. The number of carbonyl (C=O) groups is 4. The first kappa shape index (κ1) is 22.4. The Morgan fingerprint density at radius 2 is 1.97 bits per heavy atom. The molecular formula is C20H21BrN2O6S. The summed E-state index contributed by atoms with van der Waals surface area (Å²) in [5, 5.41) is -0.484. The van der Waals surface area contributed by atoms with E-state index in [1.165, 1.54) is 6.08 Å². The summed E-state index contributed by atoms with van der Waals surface area (Å²) < 4.78 is 11.1. The third kappa shape index (κ3) is 5.42.